The van der Waals surface area contributed by atoms with Gasteiger partial charge in [-0.05, 0) is 38.7 Å². The van der Waals surface area contributed by atoms with Crippen LogP contribution in [0.4, 0.5) is 0 Å². The van der Waals surface area contributed by atoms with Gasteiger partial charge in [0.1, 0.15) is 0 Å². The van der Waals surface area contributed by atoms with E-state index in [0.29, 0.717) is 18.6 Å². The zero-order valence-corrected chi connectivity index (χ0v) is 17.5. The minimum Gasteiger partial charge on any atom is -0.396 e. The van der Waals surface area contributed by atoms with Crippen molar-refractivity contribution >= 4 is 5.96 Å². The van der Waals surface area contributed by atoms with E-state index in [0.717, 1.165) is 44.9 Å². The summed E-state index contributed by atoms with van der Waals surface area (Å²) in [7, 11) is 0. The SMILES string of the molecule is CCNC(=NCC(C)(CC)CO)NC1CCN(Cc2ccccc2)C(C)C1. The van der Waals surface area contributed by atoms with Crippen molar-refractivity contribution in [2.24, 2.45) is 10.4 Å². The third-order valence-corrected chi connectivity index (χ3v) is 5.78. The first-order valence-corrected chi connectivity index (χ1v) is 10.4. The average molecular weight is 375 g/mol. The second kappa shape index (κ2) is 10.7. The lowest BCUT2D eigenvalue weighted by molar-refractivity contribution is 0.134. The van der Waals surface area contributed by atoms with Crippen LogP contribution >= 0.6 is 0 Å². The summed E-state index contributed by atoms with van der Waals surface area (Å²) in [5, 5.41) is 16.6. The van der Waals surface area contributed by atoms with Crippen molar-refractivity contribution in [3.8, 4) is 0 Å². The van der Waals surface area contributed by atoms with Gasteiger partial charge in [-0.25, -0.2) is 0 Å². The van der Waals surface area contributed by atoms with Gasteiger partial charge >= 0.3 is 0 Å². The maximum absolute atomic E-state index is 9.62. The lowest BCUT2D eigenvalue weighted by atomic mass is 9.89. The van der Waals surface area contributed by atoms with Gasteiger partial charge in [-0.3, -0.25) is 9.89 Å². The van der Waals surface area contributed by atoms with E-state index in [9.17, 15) is 5.11 Å². The highest BCUT2D eigenvalue weighted by Crippen LogP contribution is 2.21. The smallest absolute Gasteiger partial charge is 0.191 e. The van der Waals surface area contributed by atoms with Crippen LogP contribution in [0.25, 0.3) is 0 Å². The second-order valence-corrected chi connectivity index (χ2v) is 8.19. The van der Waals surface area contributed by atoms with Crippen molar-refractivity contribution in [2.45, 2.75) is 65.6 Å². The van der Waals surface area contributed by atoms with Crippen LogP contribution in [0.1, 0.15) is 52.5 Å². The summed E-state index contributed by atoms with van der Waals surface area (Å²) in [6, 6.07) is 11.7. The quantitative estimate of drug-likeness (QED) is 0.484. The normalized spacial score (nSPS) is 23.7. The predicted octanol–water partition coefficient (Wildman–Crippen LogP) is 3.00. The van der Waals surface area contributed by atoms with Crippen LogP contribution in [-0.2, 0) is 6.54 Å². The fourth-order valence-corrected chi connectivity index (χ4v) is 3.46. The molecule has 0 spiro atoms. The molecule has 152 valence electrons. The van der Waals surface area contributed by atoms with Crippen molar-refractivity contribution in [1.82, 2.24) is 15.5 Å². The van der Waals surface area contributed by atoms with E-state index in [1.807, 2.05) is 0 Å². The zero-order valence-electron chi connectivity index (χ0n) is 17.5. The van der Waals surface area contributed by atoms with Gasteiger partial charge in [0.25, 0.3) is 0 Å². The van der Waals surface area contributed by atoms with E-state index in [4.69, 9.17) is 4.99 Å². The molecule has 0 saturated carbocycles. The third-order valence-electron chi connectivity index (χ3n) is 5.78. The Hall–Kier alpha value is -1.59. The predicted molar refractivity (Wildman–Crippen MR) is 114 cm³/mol. The lowest BCUT2D eigenvalue weighted by Gasteiger charge is -2.38. The first kappa shape index (κ1) is 21.7. The Morgan fingerprint density at radius 2 is 2.04 bits per heavy atom. The number of nitrogens with zero attached hydrogens (tertiary/aromatic N) is 2. The molecule has 0 bridgehead atoms. The monoisotopic (exact) mass is 374 g/mol. The van der Waals surface area contributed by atoms with Crippen LogP contribution in [0.15, 0.2) is 35.3 Å². The summed E-state index contributed by atoms with van der Waals surface area (Å²) >= 11 is 0. The molecule has 1 saturated heterocycles. The van der Waals surface area contributed by atoms with Gasteiger partial charge in [0.2, 0.25) is 0 Å². The molecule has 0 radical (unpaired) electrons. The van der Waals surface area contributed by atoms with Crippen LogP contribution < -0.4 is 10.6 Å². The number of hydrogen-bond acceptors (Lipinski definition) is 3. The number of nitrogens with one attached hydrogen (secondary N) is 2. The number of rotatable bonds is 8. The maximum Gasteiger partial charge on any atom is 0.191 e. The van der Waals surface area contributed by atoms with Crippen molar-refractivity contribution in [3.05, 3.63) is 35.9 Å². The topological polar surface area (TPSA) is 59.9 Å². The molecule has 1 aliphatic rings. The highest BCUT2D eigenvalue weighted by atomic mass is 16.3. The third kappa shape index (κ3) is 6.82. The molecular weight excluding hydrogens is 336 g/mol. The Morgan fingerprint density at radius 1 is 1.30 bits per heavy atom. The largest absolute Gasteiger partial charge is 0.396 e. The van der Waals surface area contributed by atoms with Gasteiger partial charge in [0, 0.05) is 37.1 Å². The molecule has 2 rings (SSSR count). The summed E-state index contributed by atoms with van der Waals surface area (Å²) in [5.41, 5.74) is 1.24. The van der Waals surface area contributed by atoms with Gasteiger partial charge in [0.05, 0.1) is 13.2 Å². The van der Waals surface area contributed by atoms with E-state index in [2.05, 4.69) is 73.6 Å². The zero-order chi connectivity index (χ0) is 19.7. The summed E-state index contributed by atoms with van der Waals surface area (Å²) in [6.45, 7) is 12.4. The highest BCUT2D eigenvalue weighted by molar-refractivity contribution is 5.80. The molecule has 1 aliphatic heterocycles. The molecule has 5 nitrogen and oxygen atoms in total. The van der Waals surface area contributed by atoms with Gasteiger partial charge in [-0.2, -0.15) is 0 Å². The highest BCUT2D eigenvalue weighted by Gasteiger charge is 2.26. The molecule has 3 atom stereocenters. The van der Waals surface area contributed by atoms with Gasteiger partial charge in [-0.1, -0.05) is 44.2 Å². The van der Waals surface area contributed by atoms with E-state index in [1.165, 1.54) is 5.56 Å². The minimum atomic E-state index is -0.144. The van der Waals surface area contributed by atoms with E-state index < -0.39 is 0 Å². The molecule has 0 aliphatic carbocycles. The van der Waals surface area contributed by atoms with Crippen LogP contribution in [0.2, 0.25) is 0 Å². The van der Waals surface area contributed by atoms with Crippen molar-refractivity contribution in [1.29, 1.82) is 0 Å². The number of aliphatic hydroxyl groups excluding tert-OH is 1. The number of aliphatic hydroxyl groups is 1. The Labute approximate surface area is 165 Å². The summed E-state index contributed by atoms with van der Waals surface area (Å²) < 4.78 is 0. The van der Waals surface area contributed by atoms with Crippen molar-refractivity contribution in [3.63, 3.8) is 0 Å². The Balaban J connectivity index is 1.90. The molecule has 0 amide bonds. The van der Waals surface area contributed by atoms with E-state index in [-0.39, 0.29) is 12.0 Å². The molecular formula is C22H38N4O. The summed E-state index contributed by atoms with van der Waals surface area (Å²) in [4.78, 5) is 7.32. The number of guanidine groups is 1. The fourth-order valence-electron chi connectivity index (χ4n) is 3.46. The van der Waals surface area contributed by atoms with Crippen LogP contribution in [-0.4, -0.2) is 54.3 Å². The second-order valence-electron chi connectivity index (χ2n) is 8.19. The molecule has 0 aromatic heterocycles. The summed E-state index contributed by atoms with van der Waals surface area (Å²) in [6.07, 6.45) is 3.15. The number of piperidine rings is 1. The first-order valence-electron chi connectivity index (χ1n) is 10.4. The number of aliphatic imine (C=N–C) groups is 1. The number of hydrogen-bond donors (Lipinski definition) is 3. The van der Waals surface area contributed by atoms with Gasteiger partial charge in [0.15, 0.2) is 5.96 Å². The molecule has 1 fully saturated rings. The molecule has 1 aromatic carbocycles. The Morgan fingerprint density at radius 3 is 2.63 bits per heavy atom. The van der Waals surface area contributed by atoms with Crippen LogP contribution in [0.3, 0.4) is 0 Å². The van der Waals surface area contributed by atoms with Crippen molar-refractivity contribution in [2.75, 3.05) is 26.2 Å². The van der Waals surface area contributed by atoms with Gasteiger partial charge in [-0.15, -0.1) is 0 Å². The van der Waals surface area contributed by atoms with Gasteiger partial charge < -0.3 is 15.7 Å². The molecule has 3 unspecified atom stereocenters. The standard InChI is InChI=1S/C22H38N4O/c1-5-22(4,17-27)16-24-21(23-6-2)25-20-12-13-26(18(3)14-20)15-19-10-8-7-9-11-19/h7-11,18,20,27H,5-6,12-17H2,1-4H3,(H2,23,24,25). The first-order chi connectivity index (χ1) is 13.0. The summed E-state index contributed by atoms with van der Waals surface area (Å²) in [5.74, 6) is 0.874. The Bertz CT molecular complexity index is 571. The van der Waals surface area contributed by atoms with Crippen LogP contribution in [0, 0.1) is 5.41 Å². The average Bonchev–Trinajstić information content (AvgIpc) is 2.69. The Kier molecular flexibility index (Phi) is 8.58. The lowest BCUT2D eigenvalue weighted by Crippen LogP contribution is -2.51. The molecule has 3 N–H and O–H groups in total. The molecule has 5 heteroatoms. The molecule has 1 aromatic rings. The number of benzene rings is 1. The van der Waals surface area contributed by atoms with E-state index >= 15 is 0 Å². The van der Waals surface area contributed by atoms with Crippen molar-refractivity contribution < 1.29 is 5.11 Å². The van der Waals surface area contributed by atoms with Crippen LogP contribution in [0.5, 0.6) is 0 Å². The minimum absolute atomic E-state index is 0.144. The fraction of sp³-hybridized carbons (Fsp3) is 0.682. The molecule has 27 heavy (non-hydrogen) atoms. The number of likely N-dealkylation sites (tertiary alicyclic amines) is 1. The molecule has 1 heterocycles. The maximum atomic E-state index is 9.62. The van der Waals surface area contributed by atoms with E-state index in [1.54, 1.807) is 0 Å².